The smallest absolute Gasteiger partial charge is 0.163 e. The summed E-state index contributed by atoms with van der Waals surface area (Å²) in [6, 6.07) is 14.3. The lowest BCUT2D eigenvalue weighted by molar-refractivity contribution is 0.0964. The van der Waals surface area contributed by atoms with Gasteiger partial charge in [-0.15, -0.1) is 0 Å². The molecule has 3 aromatic rings. The van der Waals surface area contributed by atoms with Crippen LogP contribution in [0.15, 0.2) is 48.5 Å². The van der Waals surface area contributed by atoms with Gasteiger partial charge < -0.3 is 9.75 Å². The first-order valence-corrected chi connectivity index (χ1v) is 10.3. The van der Waals surface area contributed by atoms with Crippen LogP contribution in [0.2, 0.25) is 0 Å². The highest BCUT2D eigenvalue weighted by Gasteiger charge is 2.27. The molecule has 4 rings (SSSR count). The number of aryl methyl sites for hydroxylation is 1. The fraction of sp³-hybridized carbons (Fsp3) is 0.375. The Balaban J connectivity index is 1.53. The van der Waals surface area contributed by atoms with Gasteiger partial charge in [-0.3, -0.25) is 9.47 Å². The number of rotatable bonds is 7. The standard InChI is InChI=1S/C24H27FN2O2/c1-3-4-21-14-19-15-22(29-2)9-10-23(19)27(21)26-12-11-17(16-26)13-24(28)18-5-7-20(25)8-6-18/h5-10,14-15,17H,3-4,11-13,16H2,1-2H3. The highest BCUT2D eigenvalue weighted by Crippen LogP contribution is 2.29. The minimum absolute atomic E-state index is 0.0905. The third kappa shape index (κ3) is 4.00. The average molecular weight is 394 g/mol. The Hall–Kier alpha value is -2.82. The fourth-order valence-corrected chi connectivity index (χ4v) is 4.31. The molecule has 152 valence electrons. The first kappa shape index (κ1) is 19.5. The quantitative estimate of drug-likeness (QED) is 0.531. The van der Waals surface area contributed by atoms with E-state index < -0.39 is 0 Å². The first-order chi connectivity index (χ1) is 14.1. The topological polar surface area (TPSA) is 34.5 Å². The molecule has 1 aromatic heterocycles. The predicted octanol–water partition coefficient (Wildman–Crippen LogP) is 4.97. The number of nitrogens with zero attached hydrogens (tertiary/aromatic N) is 2. The normalized spacial score (nSPS) is 16.5. The van der Waals surface area contributed by atoms with E-state index in [1.54, 1.807) is 19.2 Å². The molecule has 1 fully saturated rings. The van der Waals surface area contributed by atoms with Gasteiger partial charge in [-0.1, -0.05) is 13.3 Å². The zero-order valence-corrected chi connectivity index (χ0v) is 17.0. The van der Waals surface area contributed by atoms with Crippen LogP contribution < -0.4 is 9.75 Å². The van der Waals surface area contributed by atoms with Gasteiger partial charge in [0.2, 0.25) is 0 Å². The highest BCUT2D eigenvalue weighted by molar-refractivity contribution is 5.96. The summed E-state index contributed by atoms with van der Waals surface area (Å²) in [4.78, 5) is 12.6. The molecule has 29 heavy (non-hydrogen) atoms. The number of fused-ring (bicyclic) bond motifs is 1. The molecular formula is C24H27FN2O2. The zero-order valence-electron chi connectivity index (χ0n) is 17.0. The molecule has 0 N–H and O–H groups in total. The second-order valence-corrected chi connectivity index (χ2v) is 7.82. The van der Waals surface area contributed by atoms with Crippen molar-refractivity contribution in [1.29, 1.82) is 0 Å². The second kappa shape index (κ2) is 8.27. The number of Topliss-reactive ketones (excluding diaryl/α,β-unsaturated/α-hetero) is 1. The van der Waals surface area contributed by atoms with E-state index in [0.29, 0.717) is 17.9 Å². The van der Waals surface area contributed by atoms with E-state index in [1.807, 2.05) is 6.07 Å². The lowest BCUT2D eigenvalue weighted by Crippen LogP contribution is -2.33. The SMILES string of the molecule is CCCc1cc2cc(OC)ccc2n1N1CCC(CC(=O)c2ccc(F)cc2)C1. The van der Waals surface area contributed by atoms with Gasteiger partial charge in [0, 0.05) is 36.2 Å². The van der Waals surface area contributed by atoms with Gasteiger partial charge in [0.1, 0.15) is 11.6 Å². The molecule has 0 aliphatic carbocycles. The summed E-state index contributed by atoms with van der Waals surface area (Å²) in [5.74, 6) is 0.945. The van der Waals surface area contributed by atoms with Gasteiger partial charge in [0.25, 0.3) is 0 Å². The maximum Gasteiger partial charge on any atom is 0.163 e. The molecular weight excluding hydrogens is 367 g/mol. The van der Waals surface area contributed by atoms with Crippen LogP contribution in [0.25, 0.3) is 10.9 Å². The van der Waals surface area contributed by atoms with Crippen molar-refractivity contribution < 1.29 is 13.9 Å². The van der Waals surface area contributed by atoms with E-state index in [-0.39, 0.29) is 11.6 Å². The lowest BCUT2D eigenvalue weighted by atomic mass is 9.98. The van der Waals surface area contributed by atoms with Crippen molar-refractivity contribution in [2.75, 3.05) is 25.2 Å². The van der Waals surface area contributed by atoms with Gasteiger partial charge in [0.05, 0.1) is 12.6 Å². The Morgan fingerprint density at radius 3 is 2.69 bits per heavy atom. The van der Waals surface area contributed by atoms with Crippen LogP contribution in [-0.4, -0.2) is 30.7 Å². The summed E-state index contributed by atoms with van der Waals surface area (Å²) >= 11 is 0. The van der Waals surface area contributed by atoms with Crippen LogP contribution in [0, 0.1) is 11.7 Å². The van der Waals surface area contributed by atoms with Crippen LogP contribution in [0.5, 0.6) is 5.75 Å². The molecule has 0 amide bonds. The summed E-state index contributed by atoms with van der Waals surface area (Å²) < 4.78 is 20.8. The molecule has 0 bridgehead atoms. The molecule has 0 radical (unpaired) electrons. The fourth-order valence-electron chi connectivity index (χ4n) is 4.31. The van der Waals surface area contributed by atoms with Crippen molar-refractivity contribution >= 4 is 16.7 Å². The van der Waals surface area contributed by atoms with Crippen molar-refractivity contribution in [3.05, 3.63) is 65.6 Å². The van der Waals surface area contributed by atoms with Crippen molar-refractivity contribution in [3.8, 4) is 5.75 Å². The third-order valence-electron chi connectivity index (χ3n) is 5.75. The number of hydrogen-bond acceptors (Lipinski definition) is 3. The predicted molar refractivity (Wildman–Crippen MR) is 114 cm³/mol. The summed E-state index contributed by atoms with van der Waals surface area (Å²) in [7, 11) is 1.69. The second-order valence-electron chi connectivity index (χ2n) is 7.82. The maximum absolute atomic E-state index is 13.1. The number of carbonyl (C=O) groups is 1. The van der Waals surface area contributed by atoms with Gasteiger partial charge in [-0.05, 0) is 67.3 Å². The minimum atomic E-state index is -0.312. The first-order valence-electron chi connectivity index (χ1n) is 10.3. The van der Waals surface area contributed by atoms with E-state index in [2.05, 4.69) is 34.8 Å². The highest BCUT2D eigenvalue weighted by atomic mass is 19.1. The lowest BCUT2D eigenvalue weighted by Gasteiger charge is -2.24. The Kier molecular flexibility index (Phi) is 5.56. The largest absolute Gasteiger partial charge is 0.497 e. The molecule has 0 saturated carbocycles. The van der Waals surface area contributed by atoms with Crippen LogP contribution in [0.3, 0.4) is 0 Å². The molecule has 1 atom stereocenters. The maximum atomic E-state index is 13.1. The van der Waals surface area contributed by atoms with E-state index in [1.165, 1.54) is 28.7 Å². The molecule has 1 aliphatic rings. The number of benzene rings is 2. The number of halogens is 1. The van der Waals surface area contributed by atoms with Crippen LogP contribution in [0.1, 0.15) is 42.2 Å². The van der Waals surface area contributed by atoms with E-state index in [9.17, 15) is 9.18 Å². The molecule has 2 heterocycles. The van der Waals surface area contributed by atoms with E-state index in [4.69, 9.17) is 4.74 Å². The van der Waals surface area contributed by atoms with Gasteiger partial charge in [-0.2, -0.15) is 0 Å². The Morgan fingerprint density at radius 2 is 1.97 bits per heavy atom. The van der Waals surface area contributed by atoms with Crippen LogP contribution in [0.4, 0.5) is 4.39 Å². The molecule has 2 aromatic carbocycles. The van der Waals surface area contributed by atoms with E-state index in [0.717, 1.165) is 38.1 Å². The van der Waals surface area contributed by atoms with Crippen molar-refractivity contribution in [2.24, 2.45) is 5.92 Å². The number of ketones is 1. The molecule has 4 nitrogen and oxygen atoms in total. The Morgan fingerprint density at radius 1 is 1.17 bits per heavy atom. The Labute approximate surface area is 170 Å². The molecule has 1 aliphatic heterocycles. The zero-order chi connectivity index (χ0) is 20.4. The summed E-state index contributed by atoms with van der Waals surface area (Å²) in [6.45, 7) is 3.96. The molecule has 5 heteroatoms. The number of hydrogen-bond donors (Lipinski definition) is 0. The van der Waals surface area contributed by atoms with Crippen molar-refractivity contribution in [2.45, 2.75) is 32.6 Å². The number of carbonyl (C=O) groups excluding carboxylic acids is 1. The average Bonchev–Trinajstić information content (AvgIpc) is 3.31. The number of aromatic nitrogens is 1. The summed E-state index contributed by atoms with van der Waals surface area (Å²) in [6.07, 6.45) is 3.56. The molecule has 0 spiro atoms. The number of ether oxygens (including phenoxy) is 1. The summed E-state index contributed by atoms with van der Waals surface area (Å²) in [5, 5.41) is 3.54. The van der Waals surface area contributed by atoms with Gasteiger partial charge >= 0.3 is 0 Å². The van der Waals surface area contributed by atoms with Crippen molar-refractivity contribution in [1.82, 2.24) is 4.68 Å². The monoisotopic (exact) mass is 394 g/mol. The third-order valence-corrected chi connectivity index (χ3v) is 5.75. The Bertz CT molecular complexity index is 1010. The summed E-state index contributed by atoms with van der Waals surface area (Å²) in [5.41, 5.74) is 3.07. The van der Waals surface area contributed by atoms with Gasteiger partial charge in [0.15, 0.2) is 5.78 Å². The van der Waals surface area contributed by atoms with Gasteiger partial charge in [-0.25, -0.2) is 4.39 Å². The van der Waals surface area contributed by atoms with E-state index >= 15 is 0 Å². The molecule has 1 saturated heterocycles. The van der Waals surface area contributed by atoms with Crippen molar-refractivity contribution in [3.63, 3.8) is 0 Å². The van der Waals surface area contributed by atoms with Crippen LogP contribution in [-0.2, 0) is 6.42 Å². The van der Waals surface area contributed by atoms with Crippen LogP contribution >= 0.6 is 0 Å². The minimum Gasteiger partial charge on any atom is -0.497 e. The molecule has 1 unspecified atom stereocenters. The number of methoxy groups -OCH3 is 1.